The van der Waals surface area contributed by atoms with Gasteiger partial charge < -0.3 is 5.32 Å². The van der Waals surface area contributed by atoms with Gasteiger partial charge in [-0.25, -0.2) is 17.9 Å². The minimum atomic E-state index is -4.93. The number of hydrogen-bond donors (Lipinski definition) is 2. The second kappa shape index (κ2) is 5.75. The van der Waals surface area contributed by atoms with Gasteiger partial charge in [0.05, 0.1) is 11.3 Å². The lowest BCUT2D eigenvalue weighted by atomic mass is 10.1. The van der Waals surface area contributed by atoms with Gasteiger partial charge in [-0.15, -0.1) is 0 Å². The highest BCUT2D eigenvalue weighted by molar-refractivity contribution is 7.89. The highest BCUT2D eigenvalue weighted by Crippen LogP contribution is 2.31. The Hall–Kier alpha value is -1.68. The van der Waals surface area contributed by atoms with Crippen LogP contribution in [-0.4, -0.2) is 26.6 Å². The number of carbonyl (C=O) groups excluding carboxylic acids is 1. The molecule has 0 fully saturated rings. The maximum Gasteiger partial charge on any atom is 0.419 e. The van der Waals surface area contributed by atoms with Crippen molar-refractivity contribution >= 4 is 15.9 Å². The molecular weight excluding hydrogens is 304 g/mol. The monoisotopic (exact) mass is 314 g/mol. The molecule has 0 spiro atoms. The van der Waals surface area contributed by atoms with Crippen LogP contribution in [0.1, 0.15) is 15.9 Å². The summed E-state index contributed by atoms with van der Waals surface area (Å²) in [5, 5.41) is 6.75. The Bertz CT molecular complexity index is 613. The lowest BCUT2D eigenvalue weighted by Gasteiger charge is -2.10. The van der Waals surface area contributed by atoms with Crippen LogP contribution >= 0.6 is 0 Å². The van der Waals surface area contributed by atoms with Crippen LogP contribution in [0.4, 0.5) is 17.6 Å². The normalized spacial score (nSPS) is 12.2. The zero-order chi connectivity index (χ0) is 15.6. The van der Waals surface area contributed by atoms with Gasteiger partial charge >= 0.3 is 6.18 Å². The van der Waals surface area contributed by atoms with Crippen LogP contribution in [0.3, 0.4) is 0 Å². The predicted octanol–water partition coefficient (Wildman–Crippen LogP) is 0.863. The van der Waals surface area contributed by atoms with Crippen LogP contribution in [0.15, 0.2) is 18.2 Å². The molecule has 0 bridgehead atoms. The molecule has 1 aromatic rings. The smallest absolute Gasteiger partial charge is 0.351 e. The van der Waals surface area contributed by atoms with Crippen LogP contribution in [0.25, 0.3) is 0 Å². The van der Waals surface area contributed by atoms with Gasteiger partial charge in [0.1, 0.15) is 5.82 Å². The van der Waals surface area contributed by atoms with Crippen molar-refractivity contribution in [3.05, 3.63) is 35.1 Å². The lowest BCUT2D eigenvalue weighted by molar-refractivity contribution is -0.140. The molecular formula is C10H10F4N2O3S. The number of carbonyl (C=O) groups is 1. The van der Waals surface area contributed by atoms with Crippen molar-refractivity contribution in [2.24, 2.45) is 5.14 Å². The second-order valence-electron chi connectivity index (χ2n) is 3.82. The third-order valence-electron chi connectivity index (χ3n) is 2.21. The fourth-order valence-corrected chi connectivity index (χ4v) is 1.68. The molecule has 1 amide bonds. The van der Waals surface area contributed by atoms with Crippen molar-refractivity contribution in [2.45, 2.75) is 6.18 Å². The lowest BCUT2D eigenvalue weighted by Crippen LogP contribution is -2.31. The van der Waals surface area contributed by atoms with E-state index in [0.29, 0.717) is 12.1 Å². The number of rotatable bonds is 4. The molecule has 10 heteroatoms. The van der Waals surface area contributed by atoms with Crippen molar-refractivity contribution in [2.75, 3.05) is 12.3 Å². The van der Waals surface area contributed by atoms with E-state index in [1.54, 1.807) is 0 Å². The summed E-state index contributed by atoms with van der Waals surface area (Å²) in [7, 11) is -3.79. The summed E-state index contributed by atoms with van der Waals surface area (Å²) in [4.78, 5) is 11.5. The molecule has 0 aromatic heterocycles. The van der Waals surface area contributed by atoms with Gasteiger partial charge in [-0.05, 0) is 18.2 Å². The van der Waals surface area contributed by atoms with Crippen molar-refractivity contribution < 1.29 is 30.8 Å². The first-order valence-electron chi connectivity index (χ1n) is 5.16. The van der Waals surface area contributed by atoms with E-state index in [0.717, 1.165) is 6.07 Å². The van der Waals surface area contributed by atoms with E-state index >= 15 is 0 Å². The molecule has 0 saturated heterocycles. The molecule has 0 atom stereocenters. The summed E-state index contributed by atoms with van der Waals surface area (Å²) in [5.41, 5.74) is -2.01. The minimum Gasteiger partial charge on any atom is -0.351 e. The molecule has 0 aliphatic heterocycles. The molecule has 5 nitrogen and oxygen atoms in total. The van der Waals surface area contributed by atoms with E-state index in [9.17, 15) is 30.8 Å². The van der Waals surface area contributed by atoms with Gasteiger partial charge in [-0.1, -0.05) is 0 Å². The van der Waals surface area contributed by atoms with Crippen LogP contribution in [-0.2, 0) is 16.2 Å². The standard InChI is InChI=1S/C10H10F4N2O3S/c11-8-2-1-6(5-7(8)10(12,13)14)9(17)16-3-4-20(15,18)19/h1-2,5H,3-4H2,(H,16,17)(H2,15,18,19). The Labute approximate surface area is 111 Å². The van der Waals surface area contributed by atoms with Gasteiger partial charge in [-0.2, -0.15) is 13.2 Å². The molecule has 1 aromatic carbocycles. The summed E-state index contributed by atoms with van der Waals surface area (Å²) >= 11 is 0. The van der Waals surface area contributed by atoms with Gasteiger partial charge in [0.25, 0.3) is 5.91 Å². The average Bonchev–Trinajstić information content (AvgIpc) is 2.26. The maximum absolute atomic E-state index is 13.0. The first kappa shape index (κ1) is 16.4. The Balaban J connectivity index is 2.85. The van der Waals surface area contributed by atoms with Crippen molar-refractivity contribution in [1.29, 1.82) is 0 Å². The van der Waals surface area contributed by atoms with Crippen molar-refractivity contribution in [3.63, 3.8) is 0 Å². The Morgan fingerprint density at radius 2 is 1.90 bits per heavy atom. The summed E-state index contributed by atoms with van der Waals surface area (Å²) in [6.45, 7) is -0.365. The Morgan fingerprint density at radius 3 is 2.40 bits per heavy atom. The fourth-order valence-electron chi connectivity index (χ4n) is 1.29. The van der Waals surface area contributed by atoms with Gasteiger partial charge in [-0.3, -0.25) is 4.79 Å². The largest absolute Gasteiger partial charge is 0.419 e. The molecule has 20 heavy (non-hydrogen) atoms. The van der Waals surface area contributed by atoms with E-state index in [1.807, 2.05) is 0 Å². The minimum absolute atomic E-state index is 0.349. The molecule has 3 N–H and O–H groups in total. The fraction of sp³-hybridized carbons (Fsp3) is 0.300. The van der Waals surface area contributed by atoms with Gasteiger partial charge in [0.2, 0.25) is 10.0 Å². The molecule has 0 aliphatic carbocycles. The Kier molecular flexibility index (Phi) is 4.71. The quantitative estimate of drug-likeness (QED) is 0.808. The van der Waals surface area contributed by atoms with E-state index in [-0.39, 0.29) is 6.54 Å². The molecule has 0 unspecified atom stereocenters. The van der Waals surface area contributed by atoms with Crippen molar-refractivity contribution in [1.82, 2.24) is 5.32 Å². The summed E-state index contributed by atoms with van der Waals surface area (Å²) in [6.07, 6.45) is -4.93. The molecule has 112 valence electrons. The number of amides is 1. The molecule has 0 saturated carbocycles. The van der Waals surface area contributed by atoms with Crippen LogP contribution in [0, 0.1) is 5.82 Å². The van der Waals surface area contributed by atoms with Gasteiger partial charge in [0.15, 0.2) is 0 Å². The Morgan fingerprint density at radius 1 is 1.30 bits per heavy atom. The number of benzene rings is 1. The number of nitrogens with two attached hydrogens (primary N) is 1. The molecule has 1 rings (SSSR count). The van der Waals surface area contributed by atoms with Crippen molar-refractivity contribution in [3.8, 4) is 0 Å². The highest BCUT2D eigenvalue weighted by Gasteiger charge is 2.34. The predicted molar refractivity (Wildman–Crippen MR) is 61.7 cm³/mol. The first-order valence-corrected chi connectivity index (χ1v) is 6.87. The van der Waals surface area contributed by atoms with E-state index in [1.165, 1.54) is 0 Å². The number of alkyl halides is 3. The topological polar surface area (TPSA) is 89.3 Å². The number of sulfonamides is 1. The SMILES string of the molecule is NS(=O)(=O)CCNC(=O)c1ccc(F)c(C(F)(F)F)c1. The highest BCUT2D eigenvalue weighted by atomic mass is 32.2. The average molecular weight is 314 g/mol. The second-order valence-corrected chi connectivity index (χ2v) is 5.55. The molecule has 0 radical (unpaired) electrons. The number of primary sulfonamides is 1. The number of halogens is 4. The van der Waals surface area contributed by atoms with E-state index in [2.05, 4.69) is 10.5 Å². The number of hydrogen-bond acceptors (Lipinski definition) is 3. The van der Waals surface area contributed by atoms with E-state index < -0.39 is 44.8 Å². The third kappa shape index (κ3) is 4.78. The third-order valence-corrected chi connectivity index (χ3v) is 2.98. The molecule has 0 heterocycles. The maximum atomic E-state index is 13.0. The van der Waals surface area contributed by atoms with Crippen LogP contribution < -0.4 is 10.5 Å². The summed E-state index contributed by atoms with van der Waals surface area (Å²) in [6, 6.07) is 1.72. The van der Waals surface area contributed by atoms with Crippen LogP contribution in [0.5, 0.6) is 0 Å². The van der Waals surface area contributed by atoms with E-state index in [4.69, 9.17) is 0 Å². The van der Waals surface area contributed by atoms with Gasteiger partial charge in [0, 0.05) is 12.1 Å². The zero-order valence-electron chi connectivity index (χ0n) is 9.87. The summed E-state index contributed by atoms with van der Waals surface area (Å²) in [5.74, 6) is -3.02. The first-order chi connectivity index (χ1) is 9.00. The van der Waals surface area contributed by atoms with Crippen LogP contribution in [0.2, 0.25) is 0 Å². The number of nitrogens with one attached hydrogen (secondary N) is 1. The zero-order valence-corrected chi connectivity index (χ0v) is 10.7. The summed E-state index contributed by atoms with van der Waals surface area (Å²) < 4.78 is 71.5. The molecule has 0 aliphatic rings.